The third-order valence-corrected chi connectivity index (χ3v) is 2.86. The molecule has 0 amide bonds. The van der Waals surface area contributed by atoms with Crippen molar-refractivity contribution in [2.75, 3.05) is 0 Å². The molecule has 15 heavy (non-hydrogen) atoms. The molecule has 5 heteroatoms. The molecule has 3 nitrogen and oxygen atoms in total. The van der Waals surface area contributed by atoms with Crippen molar-refractivity contribution >= 4 is 31.9 Å². The number of para-hydroxylation sites is 1. The minimum absolute atomic E-state index is 0.614. The lowest BCUT2D eigenvalue weighted by atomic mass is 10.2. The Morgan fingerprint density at radius 1 is 1.27 bits per heavy atom. The lowest BCUT2D eigenvalue weighted by Gasteiger charge is -2.04. The fourth-order valence-corrected chi connectivity index (χ4v) is 2.37. The second kappa shape index (κ2) is 4.17. The van der Waals surface area contributed by atoms with Gasteiger partial charge in [-0.05, 0) is 44.0 Å². The fourth-order valence-electron chi connectivity index (χ4n) is 1.28. The molecule has 1 heterocycles. The summed E-state index contributed by atoms with van der Waals surface area (Å²) in [6, 6.07) is 9.51. The second-order valence-electron chi connectivity index (χ2n) is 2.83. The molecule has 2 rings (SSSR count). The van der Waals surface area contributed by atoms with Crippen molar-refractivity contribution in [2.24, 2.45) is 0 Å². The van der Waals surface area contributed by atoms with Crippen molar-refractivity contribution < 1.29 is 0 Å². The first-order valence-electron chi connectivity index (χ1n) is 4.12. The zero-order valence-electron chi connectivity index (χ0n) is 7.48. The molecule has 0 N–H and O–H groups in total. The molecule has 0 saturated carbocycles. The zero-order chi connectivity index (χ0) is 10.8. The SMILES string of the molecule is N#Cc1ccccc1-n1cc(Br)nc1Br. The molecule has 74 valence electrons. The molecule has 0 bridgehead atoms. The van der Waals surface area contributed by atoms with Gasteiger partial charge < -0.3 is 0 Å². The summed E-state index contributed by atoms with van der Waals surface area (Å²) in [4.78, 5) is 4.15. The van der Waals surface area contributed by atoms with E-state index in [-0.39, 0.29) is 0 Å². The normalized spacial score (nSPS) is 9.93. The molecule has 0 aliphatic rings. The quantitative estimate of drug-likeness (QED) is 0.807. The van der Waals surface area contributed by atoms with Gasteiger partial charge in [-0.15, -0.1) is 0 Å². The predicted octanol–water partition coefficient (Wildman–Crippen LogP) is 3.27. The van der Waals surface area contributed by atoms with E-state index in [1.807, 2.05) is 22.8 Å². The van der Waals surface area contributed by atoms with Crippen LogP contribution in [-0.4, -0.2) is 9.55 Å². The van der Waals surface area contributed by atoms with Gasteiger partial charge in [0.2, 0.25) is 0 Å². The van der Waals surface area contributed by atoms with Crippen LogP contribution in [0.5, 0.6) is 0 Å². The number of nitrogens with zero attached hydrogens (tertiary/aromatic N) is 3. The fraction of sp³-hybridized carbons (Fsp3) is 0. The van der Waals surface area contributed by atoms with Gasteiger partial charge in [0, 0.05) is 6.20 Å². The van der Waals surface area contributed by atoms with Gasteiger partial charge in [-0.3, -0.25) is 4.57 Å². The first-order chi connectivity index (χ1) is 7.22. The summed E-state index contributed by atoms with van der Waals surface area (Å²) < 4.78 is 3.20. The van der Waals surface area contributed by atoms with Gasteiger partial charge in [-0.1, -0.05) is 12.1 Å². The van der Waals surface area contributed by atoms with Gasteiger partial charge in [0.1, 0.15) is 10.7 Å². The first-order valence-corrected chi connectivity index (χ1v) is 5.71. The average molecular weight is 327 g/mol. The topological polar surface area (TPSA) is 41.6 Å². The van der Waals surface area contributed by atoms with Gasteiger partial charge in [0.05, 0.1) is 11.3 Å². The third kappa shape index (κ3) is 1.96. The van der Waals surface area contributed by atoms with Crippen molar-refractivity contribution in [2.45, 2.75) is 0 Å². The molecule has 0 saturated heterocycles. The van der Waals surface area contributed by atoms with E-state index < -0.39 is 0 Å². The Morgan fingerprint density at radius 2 is 2.00 bits per heavy atom. The lowest BCUT2D eigenvalue weighted by molar-refractivity contribution is 1.01. The summed E-state index contributed by atoms with van der Waals surface area (Å²) in [7, 11) is 0. The molecule has 0 radical (unpaired) electrons. The predicted molar refractivity (Wildman–Crippen MR) is 63.7 cm³/mol. The van der Waals surface area contributed by atoms with Gasteiger partial charge in [0.25, 0.3) is 0 Å². The third-order valence-electron chi connectivity index (χ3n) is 1.92. The monoisotopic (exact) mass is 325 g/mol. The van der Waals surface area contributed by atoms with Crippen molar-refractivity contribution in [1.82, 2.24) is 9.55 Å². The van der Waals surface area contributed by atoms with E-state index in [2.05, 4.69) is 42.9 Å². The van der Waals surface area contributed by atoms with E-state index in [9.17, 15) is 0 Å². The standard InChI is InChI=1S/C10H5Br2N3/c11-9-6-15(10(12)14-9)8-4-2-1-3-7(8)5-13/h1-4,6H. The summed E-state index contributed by atoms with van der Waals surface area (Å²) >= 11 is 6.61. The highest BCUT2D eigenvalue weighted by Crippen LogP contribution is 2.22. The minimum atomic E-state index is 0.614. The zero-order valence-corrected chi connectivity index (χ0v) is 10.7. The van der Waals surface area contributed by atoms with Crippen LogP contribution in [0.1, 0.15) is 5.56 Å². The number of hydrogen-bond donors (Lipinski definition) is 0. The van der Waals surface area contributed by atoms with E-state index in [0.717, 1.165) is 10.3 Å². The van der Waals surface area contributed by atoms with Crippen LogP contribution in [0.25, 0.3) is 5.69 Å². The van der Waals surface area contributed by atoms with Crippen molar-refractivity contribution in [3.8, 4) is 11.8 Å². The molecule has 0 fully saturated rings. The van der Waals surface area contributed by atoms with Crippen LogP contribution in [0.4, 0.5) is 0 Å². The minimum Gasteiger partial charge on any atom is -0.292 e. The molecule has 1 aromatic carbocycles. The summed E-state index contributed by atoms with van der Waals surface area (Å²) in [5.41, 5.74) is 1.42. The molecule has 0 unspecified atom stereocenters. The van der Waals surface area contributed by atoms with Crippen LogP contribution in [0.2, 0.25) is 0 Å². The van der Waals surface area contributed by atoms with Crippen LogP contribution in [0.3, 0.4) is 0 Å². The number of rotatable bonds is 1. The maximum Gasteiger partial charge on any atom is 0.182 e. The number of aromatic nitrogens is 2. The van der Waals surface area contributed by atoms with E-state index >= 15 is 0 Å². The molecular formula is C10H5Br2N3. The smallest absolute Gasteiger partial charge is 0.182 e. The molecule has 1 aromatic heterocycles. The van der Waals surface area contributed by atoms with E-state index in [1.54, 1.807) is 12.3 Å². The number of halogens is 2. The van der Waals surface area contributed by atoms with Crippen molar-refractivity contribution in [3.63, 3.8) is 0 Å². The molecular weight excluding hydrogens is 322 g/mol. The first kappa shape index (κ1) is 10.4. The second-order valence-corrected chi connectivity index (χ2v) is 4.35. The van der Waals surface area contributed by atoms with Crippen LogP contribution >= 0.6 is 31.9 Å². The van der Waals surface area contributed by atoms with Gasteiger partial charge in [0.15, 0.2) is 4.73 Å². The van der Waals surface area contributed by atoms with E-state index in [0.29, 0.717) is 10.3 Å². The maximum atomic E-state index is 8.97. The number of benzene rings is 1. The molecule has 2 aromatic rings. The van der Waals surface area contributed by atoms with E-state index in [4.69, 9.17) is 5.26 Å². The number of imidazole rings is 1. The van der Waals surface area contributed by atoms with Crippen molar-refractivity contribution in [1.29, 1.82) is 5.26 Å². The van der Waals surface area contributed by atoms with Crippen LogP contribution in [0.15, 0.2) is 39.8 Å². The van der Waals surface area contributed by atoms with Gasteiger partial charge in [-0.2, -0.15) is 5.26 Å². The summed E-state index contributed by atoms with van der Waals surface area (Å²) in [6.07, 6.45) is 1.81. The lowest BCUT2D eigenvalue weighted by Crippen LogP contribution is -1.95. The highest BCUT2D eigenvalue weighted by molar-refractivity contribution is 9.11. The number of nitriles is 1. The van der Waals surface area contributed by atoms with Crippen LogP contribution in [0, 0.1) is 11.3 Å². The molecule has 0 spiro atoms. The largest absolute Gasteiger partial charge is 0.292 e. The molecule has 0 atom stereocenters. The summed E-state index contributed by atoms with van der Waals surface area (Å²) in [6.45, 7) is 0. The Balaban J connectivity index is 2.64. The Labute approximate surface area is 104 Å². The Bertz CT molecular complexity index is 540. The van der Waals surface area contributed by atoms with Gasteiger partial charge in [-0.25, -0.2) is 4.98 Å². The van der Waals surface area contributed by atoms with Crippen molar-refractivity contribution in [3.05, 3.63) is 45.4 Å². The van der Waals surface area contributed by atoms with Gasteiger partial charge >= 0.3 is 0 Å². The highest BCUT2D eigenvalue weighted by atomic mass is 79.9. The summed E-state index contributed by atoms with van der Waals surface area (Å²) in [5, 5.41) is 8.97. The van der Waals surface area contributed by atoms with E-state index in [1.165, 1.54) is 0 Å². The molecule has 0 aliphatic carbocycles. The highest BCUT2D eigenvalue weighted by Gasteiger charge is 2.08. The van der Waals surface area contributed by atoms with Crippen LogP contribution < -0.4 is 0 Å². The Morgan fingerprint density at radius 3 is 2.60 bits per heavy atom. The van der Waals surface area contributed by atoms with Crippen LogP contribution in [-0.2, 0) is 0 Å². The number of hydrogen-bond acceptors (Lipinski definition) is 2. The maximum absolute atomic E-state index is 8.97. The Kier molecular flexibility index (Phi) is 2.89. The average Bonchev–Trinajstić information content (AvgIpc) is 2.57. The molecule has 0 aliphatic heterocycles. The summed E-state index contributed by atoms with van der Waals surface area (Å²) in [5.74, 6) is 0. The Hall–Kier alpha value is -1.12.